The Hall–Kier alpha value is -0.0800. The molecule has 2 nitrogen and oxygen atoms in total. The van der Waals surface area contributed by atoms with Crippen molar-refractivity contribution in [2.24, 2.45) is 5.41 Å². The third kappa shape index (κ3) is 6.76. The monoisotopic (exact) mass is 268 g/mol. The summed E-state index contributed by atoms with van der Waals surface area (Å²) < 4.78 is 0. The molecule has 1 atom stereocenters. The average molecular weight is 268 g/mol. The molecule has 1 heterocycles. The summed E-state index contributed by atoms with van der Waals surface area (Å²) in [7, 11) is 0. The van der Waals surface area contributed by atoms with E-state index in [0.29, 0.717) is 5.41 Å². The highest BCUT2D eigenvalue weighted by Crippen LogP contribution is 2.26. The van der Waals surface area contributed by atoms with Crippen LogP contribution in [0.5, 0.6) is 0 Å². The zero-order valence-corrected chi connectivity index (χ0v) is 14.2. The van der Waals surface area contributed by atoms with E-state index in [1.54, 1.807) is 0 Å². The maximum absolute atomic E-state index is 3.67. The van der Waals surface area contributed by atoms with Crippen molar-refractivity contribution in [1.29, 1.82) is 0 Å². The summed E-state index contributed by atoms with van der Waals surface area (Å²) in [5.41, 5.74) is 0.582. The van der Waals surface area contributed by atoms with Crippen LogP contribution in [0.3, 0.4) is 0 Å². The molecule has 0 spiro atoms. The lowest BCUT2D eigenvalue weighted by Crippen LogP contribution is -2.49. The molecule has 0 saturated carbocycles. The second kappa shape index (κ2) is 7.08. The van der Waals surface area contributed by atoms with E-state index < -0.39 is 0 Å². The number of nitrogens with zero attached hydrogens (tertiary/aromatic N) is 1. The highest BCUT2D eigenvalue weighted by Gasteiger charge is 2.28. The van der Waals surface area contributed by atoms with Crippen LogP contribution in [-0.2, 0) is 0 Å². The van der Waals surface area contributed by atoms with Gasteiger partial charge in [-0.2, -0.15) is 0 Å². The van der Waals surface area contributed by atoms with Crippen LogP contribution in [0.4, 0.5) is 0 Å². The first-order valence-corrected chi connectivity index (χ1v) is 8.22. The summed E-state index contributed by atoms with van der Waals surface area (Å²) in [5, 5.41) is 3.67. The van der Waals surface area contributed by atoms with E-state index >= 15 is 0 Å². The highest BCUT2D eigenvalue weighted by molar-refractivity contribution is 4.85. The highest BCUT2D eigenvalue weighted by atomic mass is 15.2. The molecule has 0 aromatic heterocycles. The van der Waals surface area contributed by atoms with Crippen LogP contribution < -0.4 is 5.32 Å². The lowest BCUT2D eigenvalue weighted by molar-refractivity contribution is 0.0866. The number of rotatable bonds is 6. The maximum Gasteiger partial charge on any atom is 0.00967 e. The fourth-order valence-corrected chi connectivity index (χ4v) is 3.04. The molecule has 1 saturated heterocycles. The molecular formula is C17H36N2. The molecule has 0 aliphatic carbocycles. The van der Waals surface area contributed by atoms with E-state index in [4.69, 9.17) is 0 Å². The summed E-state index contributed by atoms with van der Waals surface area (Å²) in [5.74, 6) is 0. The number of likely N-dealkylation sites (tertiary alicyclic amines) is 1. The van der Waals surface area contributed by atoms with Gasteiger partial charge in [-0.25, -0.2) is 0 Å². The second-order valence-corrected chi connectivity index (χ2v) is 8.18. The number of piperidine rings is 1. The third-order valence-electron chi connectivity index (χ3n) is 4.10. The zero-order valence-electron chi connectivity index (χ0n) is 14.2. The number of nitrogens with one attached hydrogen (secondary N) is 1. The van der Waals surface area contributed by atoms with Crippen molar-refractivity contribution in [1.82, 2.24) is 10.2 Å². The van der Waals surface area contributed by atoms with Gasteiger partial charge in [0.15, 0.2) is 0 Å². The maximum atomic E-state index is 3.67. The van der Waals surface area contributed by atoms with E-state index in [-0.39, 0.29) is 5.54 Å². The van der Waals surface area contributed by atoms with Crippen LogP contribution in [0.1, 0.15) is 73.6 Å². The molecule has 1 aliphatic rings. The van der Waals surface area contributed by atoms with Crippen molar-refractivity contribution >= 4 is 0 Å². The van der Waals surface area contributed by atoms with Gasteiger partial charge in [0.05, 0.1) is 0 Å². The Morgan fingerprint density at radius 2 is 1.79 bits per heavy atom. The van der Waals surface area contributed by atoms with Gasteiger partial charge in [-0.3, -0.25) is 4.90 Å². The first-order valence-electron chi connectivity index (χ1n) is 8.22. The van der Waals surface area contributed by atoms with Crippen molar-refractivity contribution < 1.29 is 0 Å². The third-order valence-corrected chi connectivity index (χ3v) is 4.10. The summed E-state index contributed by atoms with van der Waals surface area (Å²) >= 11 is 0. The zero-order chi connectivity index (χ0) is 14.5. The van der Waals surface area contributed by atoms with Crippen LogP contribution in [0.2, 0.25) is 0 Å². The Bertz CT molecular complexity index is 250. The Labute approximate surface area is 121 Å². The van der Waals surface area contributed by atoms with Crippen LogP contribution in [0, 0.1) is 5.41 Å². The van der Waals surface area contributed by atoms with Crippen molar-refractivity contribution in [3.8, 4) is 0 Å². The minimum absolute atomic E-state index is 0.224. The second-order valence-electron chi connectivity index (χ2n) is 8.18. The molecule has 1 N–H and O–H groups in total. The summed E-state index contributed by atoms with van der Waals surface area (Å²) in [6.07, 6.45) is 6.94. The van der Waals surface area contributed by atoms with Gasteiger partial charge in [0, 0.05) is 24.7 Å². The van der Waals surface area contributed by atoms with Crippen molar-refractivity contribution in [3.63, 3.8) is 0 Å². The van der Waals surface area contributed by atoms with Gasteiger partial charge in [-0.05, 0) is 52.0 Å². The Balaban J connectivity index is 2.49. The molecule has 0 aromatic rings. The first-order chi connectivity index (χ1) is 8.73. The van der Waals surface area contributed by atoms with Gasteiger partial charge in [-0.1, -0.05) is 33.6 Å². The van der Waals surface area contributed by atoms with E-state index in [9.17, 15) is 0 Å². The lowest BCUT2D eigenvalue weighted by Gasteiger charge is -2.41. The van der Waals surface area contributed by atoms with Gasteiger partial charge in [0.25, 0.3) is 0 Å². The summed E-state index contributed by atoms with van der Waals surface area (Å²) in [4.78, 5) is 2.76. The van der Waals surface area contributed by atoms with E-state index in [1.165, 1.54) is 45.2 Å². The molecule has 114 valence electrons. The van der Waals surface area contributed by atoms with Gasteiger partial charge < -0.3 is 5.32 Å². The normalized spacial score (nSPS) is 22.7. The smallest absolute Gasteiger partial charge is 0.00967 e. The lowest BCUT2D eigenvalue weighted by atomic mass is 9.88. The van der Waals surface area contributed by atoms with Crippen LogP contribution in [-0.4, -0.2) is 36.1 Å². The van der Waals surface area contributed by atoms with E-state index in [1.807, 2.05) is 0 Å². The molecular weight excluding hydrogens is 232 g/mol. The van der Waals surface area contributed by atoms with Crippen molar-refractivity contribution in [2.45, 2.75) is 85.2 Å². The topological polar surface area (TPSA) is 15.3 Å². The predicted molar refractivity (Wildman–Crippen MR) is 85.7 cm³/mol. The van der Waals surface area contributed by atoms with E-state index in [2.05, 4.69) is 51.8 Å². The Kier molecular flexibility index (Phi) is 6.32. The SMILES string of the molecule is CCCC1CCCCN1CC(C)(C)CNC(C)(C)C. The Morgan fingerprint density at radius 1 is 1.11 bits per heavy atom. The molecule has 0 amide bonds. The molecule has 0 radical (unpaired) electrons. The quantitative estimate of drug-likeness (QED) is 0.781. The van der Waals surface area contributed by atoms with Crippen LogP contribution >= 0.6 is 0 Å². The van der Waals surface area contributed by atoms with Gasteiger partial charge in [-0.15, -0.1) is 0 Å². The number of hydrogen-bond donors (Lipinski definition) is 1. The molecule has 2 heteroatoms. The standard InChI is InChI=1S/C17H36N2/c1-7-10-15-11-8-9-12-19(15)14-17(5,6)13-18-16(2,3)4/h15,18H,7-14H2,1-6H3. The van der Waals surface area contributed by atoms with Crippen molar-refractivity contribution in [3.05, 3.63) is 0 Å². The fraction of sp³-hybridized carbons (Fsp3) is 1.00. The van der Waals surface area contributed by atoms with Gasteiger partial charge in [0.2, 0.25) is 0 Å². The molecule has 1 aliphatic heterocycles. The first kappa shape index (κ1) is 17.0. The Morgan fingerprint density at radius 3 is 2.37 bits per heavy atom. The van der Waals surface area contributed by atoms with Crippen LogP contribution in [0.15, 0.2) is 0 Å². The minimum atomic E-state index is 0.224. The number of hydrogen-bond acceptors (Lipinski definition) is 2. The van der Waals surface area contributed by atoms with Crippen LogP contribution in [0.25, 0.3) is 0 Å². The van der Waals surface area contributed by atoms with E-state index in [0.717, 1.165) is 12.6 Å². The molecule has 1 unspecified atom stereocenters. The molecule has 1 rings (SSSR count). The summed E-state index contributed by atoms with van der Waals surface area (Å²) in [6.45, 7) is 17.5. The average Bonchev–Trinajstić information content (AvgIpc) is 2.29. The molecule has 1 fully saturated rings. The van der Waals surface area contributed by atoms with Gasteiger partial charge >= 0.3 is 0 Å². The molecule has 19 heavy (non-hydrogen) atoms. The molecule has 0 aromatic carbocycles. The minimum Gasteiger partial charge on any atom is -0.311 e. The summed E-state index contributed by atoms with van der Waals surface area (Å²) in [6, 6.07) is 0.840. The van der Waals surface area contributed by atoms with Gasteiger partial charge in [0.1, 0.15) is 0 Å². The largest absolute Gasteiger partial charge is 0.311 e. The fourth-order valence-electron chi connectivity index (χ4n) is 3.04. The molecule has 0 bridgehead atoms. The predicted octanol–water partition coefficient (Wildman–Crippen LogP) is 4.06. The van der Waals surface area contributed by atoms with Crippen molar-refractivity contribution in [2.75, 3.05) is 19.6 Å².